The summed E-state index contributed by atoms with van der Waals surface area (Å²) in [7, 11) is 0. The van der Waals surface area contributed by atoms with Crippen molar-refractivity contribution in [3.05, 3.63) is 63.9 Å². The van der Waals surface area contributed by atoms with Crippen LogP contribution < -0.4 is 5.56 Å². The van der Waals surface area contributed by atoms with E-state index in [9.17, 15) is 4.79 Å². The fourth-order valence-corrected chi connectivity index (χ4v) is 2.63. The fourth-order valence-electron chi connectivity index (χ4n) is 2.42. The van der Waals surface area contributed by atoms with Crippen LogP contribution in [0.25, 0.3) is 27.6 Å². The van der Waals surface area contributed by atoms with Gasteiger partial charge in [0.05, 0.1) is 10.5 Å². The van der Waals surface area contributed by atoms with E-state index in [1.165, 1.54) is 0 Å². The van der Waals surface area contributed by atoms with Crippen LogP contribution >= 0.6 is 11.6 Å². The van der Waals surface area contributed by atoms with Crippen molar-refractivity contribution in [2.24, 2.45) is 0 Å². The quantitative estimate of drug-likeness (QED) is 0.486. The Morgan fingerprint density at radius 1 is 1.05 bits per heavy atom. The van der Waals surface area contributed by atoms with Crippen molar-refractivity contribution in [1.29, 1.82) is 0 Å². The summed E-state index contributed by atoms with van der Waals surface area (Å²) in [6, 6.07) is 14.7. The van der Waals surface area contributed by atoms with Gasteiger partial charge in [0.15, 0.2) is 5.58 Å². The summed E-state index contributed by atoms with van der Waals surface area (Å²) >= 11 is 6.10. The first-order valence-electron chi connectivity index (χ1n) is 5.87. The van der Waals surface area contributed by atoms with Gasteiger partial charge in [-0.2, -0.15) is 0 Å². The topological polar surface area (TPSA) is 34.6 Å². The first kappa shape index (κ1) is 10.6. The second-order valence-electron chi connectivity index (χ2n) is 4.40. The third-order valence-electron chi connectivity index (χ3n) is 3.29. The van der Waals surface area contributed by atoms with Crippen LogP contribution in [0.4, 0.5) is 0 Å². The Balaban J connectivity index is 2.38. The zero-order valence-electron chi connectivity index (χ0n) is 9.76. The van der Waals surface area contributed by atoms with E-state index in [4.69, 9.17) is 16.0 Å². The van der Waals surface area contributed by atoms with Crippen LogP contribution in [0, 0.1) is 0 Å². The van der Waals surface area contributed by atoms with Gasteiger partial charge in [-0.25, -0.2) is 4.40 Å². The Hall–Kier alpha value is -2.26. The molecule has 0 atom stereocenters. The highest BCUT2D eigenvalue weighted by Gasteiger charge is 2.12. The Morgan fingerprint density at radius 3 is 2.79 bits per heavy atom. The van der Waals surface area contributed by atoms with Gasteiger partial charge in [-0.1, -0.05) is 35.9 Å². The first-order valence-corrected chi connectivity index (χ1v) is 6.25. The summed E-state index contributed by atoms with van der Waals surface area (Å²) in [5.41, 5.74) is 1.65. The van der Waals surface area contributed by atoms with Crippen LogP contribution in [0.1, 0.15) is 0 Å². The van der Waals surface area contributed by atoms with Gasteiger partial charge in [0.2, 0.25) is 5.71 Å². The summed E-state index contributed by atoms with van der Waals surface area (Å²) in [5, 5.41) is 2.04. The van der Waals surface area contributed by atoms with Gasteiger partial charge in [-0.3, -0.25) is 4.79 Å². The minimum Gasteiger partial charge on any atom is -0.437 e. The zero-order valence-corrected chi connectivity index (χ0v) is 10.5. The monoisotopic (exact) mass is 269 g/mol. The van der Waals surface area contributed by atoms with Gasteiger partial charge >= 0.3 is 0 Å². The molecular formula is C15H8ClNO2. The van der Waals surface area contributed by atoms with Crippen LogP contribution in [-0.4, -0.2) is 4.40 Å². The van der Waals surface area contributed by atoms with E-state index in [-0.39, 0.29) is 5.56 Å². The number of rotatable bonds is 0. The predicted octanol–water partition coefficient (Wildman–Crippen LogP) is 3.85. The van der Waals surface area contributed by atoms with Crippen LogP contribution in [0.2, 0.25) is 5.02 Å². The molecule has 4 aromatic rings. The molecular weight excluding hydrogens is 262 g/mol. The molecule has 0 aliphatic rings. The molecule has 2 aromatic carbocycles. The third kappa shape index (κ3) is 1.36. The van der Waals surface area contributed by atoms with Gasteiger partial charge in [-0.05, 0) is 23.6 Å². The second-order valence-corrected chi connectivity index (χ2v) is 4.81. The number of oxazole rings is 1. The summed E-state index contributed by atoms with van der Waals surface area (Å²) in [6.07, 6.45) is 0. The van der Waals surface area contributed by atoms with E-state index in [2.05, 4.69) is 0 Å². The van der Waals surface area contributed by atoms with Crippen molar-refractivity contribution < 1.29 is 4.42 Å². The normalized spacial score (nSPS) is 11.6. The summed E-state index contributed by atoms with van der Waals surface area (Å²) < 4.78 is 7.26. The van der Waals surface area contributed by atoms with Crippen LogP contribution in [0.5, 0.6) is 0 Å². The molecule has 0 fully saturated rings. The van der Waals surface area contributed by atoms with Crippen molar-refractivity contribution in [3.8, 4) is 0 Å². The van der Waals surface area contributed by atoms with E-state index < -0.39 is 0 Å². The minimum absolute atomic E-state index is 0.0888. The molecule has 0 unspecified atom stereocenters. The molecule has 0 spiro atoms. The van der Waals surface area contributed by atoms with Gasteiger partial charge < -0.3 is 4.42 Å². The molecule has 3 nitrogen and oxygen atoms in total. The number of nitrogens with zero attached hydrogens (tertiary/aromatic N) is 1. The number of halogens is 1. The molecule has 19 heavy (non-hydrogen) atoms. The standard InChI is InChI=1S/C15H8ClNO2/c16-11-6-3-7-12-14(11)19-13-8-9-4-1-2-5-10(9)15(18)17(12)13/h1-8H. The smallest absolute Gasteiger partial charge is 0.265 e. The first-order chi connectivity index (χ1) is 9.25. The molecule has 2 aromatic heterocycles. The van der Waals surface area contributed by atoms with E-state index in [0.29, 0.717) is 27.2 Å². The summed E-state index contributed by atoms with van der Waals surface area (Å²) in [6.45, 7) is 0. The van der Waals surface area contributed by atoms with Crippen molar-refractivity contribution >= 4 is 39.2 Å². The number of para-hydroxylation sites is 1. The number of pyridine rings is 1. The van der Waals surface area contributed by atoms with E-state index in [1.807, 2.05) is 36.4 Å². The predicted molar refractivity (Wildman–Crippen MR) is 76.0 cm³/mol. The largest absolute Gasteiger partial charge is 0.437 e. The molecule has 0 saturated heterocycles. The molecule has 4 heteroatoms. The molecule has 0 N–H and O–H groups in total. The summed E-state index contributed by atoms with van der Waals surface area (Å²) in [5.74, 6) is 0. The number of hydrogen-bond donors (Lipinski definition) is 0. The van der Waals surface area contributed by atoms with Gasteiger partial charge in [0.1, 0.15) is 0 Å². The lowest BCUT2D eigenvalue weighted by Crippen LogP contribution is -2.11. The van der Waals surface area contributed by atoms with Gasteiger partial charge in [0, 0.05) is 11.5 Å². The number of hydrogen-bond acceptors (Lipinski definition) is 2. The molecule has 92 valence electrons. The van der Waals surface area contributed by atoms with Crippen molar-refractivity contribution in [2.75, 3.05) is 0 Å². The van der Waals surface area contributed by atoms with Crippen LogP contribution in [-0.2, 0) is 0 Å². The molecule has 0 aliphatic heterocycles. The van der Waals surface area contributed by atoms with E-state index in [0.717, 1.165) is 5.39 Å². The lowest BCUT2D eigenvalue weighted by atomic mass is 10.2. The van der Waals surface area contributed by atoms with Gasteiger partial charge in [0.25, 0.3) is 5.56 Å². The average Bonchev–Trinajstić information content (AvgIpc) is 2.79. The Bertz CT molecular complexity index is 997. The Labute approximate surface area is 112 Å². The maximum atomic E-state index is 12.5. The molecule has 2 heterocycles. The SMILES string of the molecule is O=c1c2ccccc2cc2oc3c(Cl)cccc3n12. The van der Waals surface area contributed by atoms with E-state index in [1.54, 1.807) is 16.5 Å². The number of aromatic nitrogens is 1. The van der Waals surface area contributed by atoms with Crippen molar-refractivity contribution in [2.45, 2.75) is 0 Å². The van der Waals surface area contributed by atoms with Crippen LogP contribution in [0.15, 0.2) is 57.7 Å². The maximum absolute atomic E-state index is 12.5. The minimum atomic E-state index is -0.0888. The molecule has 0 saturated carbocycles. The highest BCUT2D eigenvalue weighted by atomic mass is 35.5. The zero-order chi connectivity index (χ0) is 13.0. The molecule has 0 aliphatic carbocycles. The highest BCUT2D eigenvalue weighted by molar-refractivity contribution is 6.34. The maximum Gasteiger partial charge on any atom is 0.265 e. The summed E-state index contributed by atoms with van der Waals surface area (Å²) in [4.78, 5) is 12.5. The fraction of sp³-hybridized carbons (Fsp3) is 0. The number of fused-ring (bicyclic) bond motifs is 4. The van der Waals surface area contributed by atoms with Crippen molar-refractivity contribution in [3.63, 3.8) is 0 Å². The van der Waals surface area contributed by atoms with E-state index >= 15 is 0 Å². The molecule has 0 amide bonds. The second kappa shape index (κ2) is 3.62. The lowest BCUT2D eigenvalue weighted by molar-refractivity contribution is 0.653. The highest BCUT2D eigenvalue weighted by Crippen LogP contribution is 2.27. The van der Waals surface area contributed by atoms with Gasteiger partial charge in [-0.15, -0.1) is 0 Å². The Morgan fingerprint density at radius 2 is 1.89 bits per heavy atom. The molecule has 0 radical (unpaired) electrons. The van der Waals surface area contributed by atoms with Crippen LogP contribution in [0.3, 0.4) is 0 Å². The third-order valence-corrected chi connectivity index (χ3v) is 3.59. The number of benzene rings is 2. The Kier molecular flexibility index (Phi) is 2.03. The average molecular weight is 270 g/mol. The lowest BCUT2D eigenvalue weighted by Gasteiger charge is -1.97. The van der Waals surface area contributed by atoms with Crippen molar-refractivity contribution in [1.82, 2.24) is 4.40 Å². The molecule has 0 bridgehead atoms. The molecule has 4 rings (SSSR count).